The summed E-state index contributed by atoms with van der Waals surface area (Å²) in [5.74, 6) is -3.65. The number of morpholine rings is 1. The van der Waals surface area contributed by atoms with Crippen LogP contribution in [0.5, 0.6) is 0 Å². The topological polar surface area (TPSA) is 136 Å². The minimum absolute atomic E-state index is 0.335. The van der Waals surface area contributed by atoms with Crippen molar-refractivity contribution in [2.75, 3.05) is 38.3 Å². The van der Waals surface area contributed by atoms with Crippen LogP contribution in [0.25, 0.3) is 0 Å². The monoisotopic (exact) mass is 541 g/mol. The maximum Gasteiger partial charge on any atom is 0.414 e. The number of ether oxygens (including phenoxy) is 1. The van der Waals surface area contributed by atoms with Gasteiger partial charge in [0.2, 0.25) is 10.0 Å². The third kappa shape index (κ3) is 8.12. The van der Waals surface area contributed by atoms with E-state index in [-0.39, 0.29) is 0 Å². The lowest BCUT2D eigenvalue weighted by Crippen LogP contribution is -2.40. The first-order chi connectivity index (χ1) is 18.2. The van der Waals surface area contributed by atoms with E-state index in [4.69, 9.17) is 24.5 Å². The zero-order chi connectivity index (χ0) is 27.5. The summed E-state index contributed by atoms with van der Waals surface area (Å²) < 4.78 is 32.2. The number of carboxylic acids is 2. The molecule has 1 heterocycles. The van der Waals surface area contributed by atoms with Gasteiger partial charge in [0.1, 0.15) is 0 Å². The minimum Gasteiger partial charge on any atom is -0.473 e. The van der Waals surface area contributed by atoms with Gasteiger partial charge in [-0.05, 0) is 47.5 Å². The molecule has 0 amide bonds. The summed E-state index contributed by atoms with van der Waals surface area (Å²) >= 11 is 0. The van der Waals surface area contributed by atoms with Gasteiger partial charge in [0.05, 0.1) is 18.1 Å². The third-order valence-corrected chi connectivity index (χ3v) is 7.75. The number of sulfonamides is 1. The van der Waals surface area contributed by atoms with Crippen LogP contribution in [-0.2, 0) is 37.4 Å². The van der Waals surface area contributed by atoms with Crippen molar-refractivity contribution >= 4 is 33.3 Å². The quantitative estimate of drug-likeness (QED) is 0.368. The number of hydrogen-bond donors (Lipinski definition) is 3. The van der Waals surface area contributed by atoms with Gasteiger partial charge in [-0.1, -0.05) is 42.5 Å². The molecule has 202 valence electrons. The number of rotatable bonds is 8. The van der Waals surface area contributed by atoms with E-state index in [1.807, 2.05) is 30.3 Å². The number of hydrogen-bond acceptors (Lipinski definition) is 7. The highest BCUT2D eigenvalue weighted by Crippen LogP contribution is 2.23. The fourth-order valence-electron chi connectivity index (χ4n) is 3.70. The molecule has 1 aliphatic rings. The molecule has 0 bridgehead atoms. The molecule has 0 unspecified atom stereocenters. The molecule has 1 fully saturated rings. The summed E-state index contributed by atoms with van der Waals surface area (Å²) in [6.45, 7) is 3.12. The number of nitrogens with one attached hydrogen (secondary N) is 1. The Bertz CT molecular complexity index is 1280. The van der Waals surface area contributed by atoms with Crippen LogP contribution < -0.4 is 10.2 Å². The van der Waals surface area contributed by atoms with Crippen molar-refractivity contribution in [3.63, 3.8) is 0 Å². The highest BCUT2D eigenvalue weighted by Gasteiger charge is 2.26. The van der Waals surface area contributed by atoms with Crippen molar-refractivity contribution < 1.29 is 33.0 Å². The van der Waals surface area contributed by atoms with E-state index in [0.717, 1.165) is 23.5 Å². The van der Waals surface area contributed by atoms with Gasteiger partial charge >= 0.3 is 11.9 Å². The summed E-state index contributed by atoms with van der Waals surface area (Å²) in [5.41, 5.74) is 4.53. The molecule has 10 nitrogen and oxygen atoms in total. The smallest absolute Gasteiger partial charge is 0.414 e. The first-order valence-electron chi connectivity index (χ1n) is 11.9. The summed E-state index contributed by atoms with van der Waals surface area (Å²) in [4.78, 5) is 20.7. The van der Waals surface area contributed by atoms with Gasteiger partial charge < -0.3 is 25.2 Å². The number of para-hydroxylation sites is 1. The van der Waals surface area contributed by atoms with E-state index >= 15 is 0 Å². The summed E-state index contributed by atoms with van der Waals surface area (Å²) in [5, 5.41) is 18.2. The zero-order valence-corrected chi connectivity index (χ0v) is 21.8. The number of benzene rings is 3. The molecule has 0 aromatic heterocycles. The molecular weight excluding hydrogens is 510 g/mol. The van der Waals surface area contributed by atoms with E-state index in [2.05, 4.69) is 53.7 Å². The number of nitrogens with zero attached hydrogens (tertiary/aromatic N) is 2. The third-order valence-electron chi connectivity index (χ3n) is 5.84. The molecule has 0 aliphatic carbocycles. The first-order valence-corrected chi connectivity index (χ1v) is 13.3. The predicted molar refractivity (Wildman–Crippen MR) is 143 cm³/mol. The highest BCUT2D eigenvalue weighted by molar-refractivity contribution is 7.89. The lowest BCUT2D eigenvalue weighted by Gasteiger charge is -2.26. The van der Waals surface area contributed by atoms with Crippen molar-refractivity contribution in [2.45, 2.75) is 18.0 Å². The number of anilines is 2. The Morgan fingerprint density at radius 2 is 1.29 bits per heavy atom. The normalized spacial score (nSPS) is 13.7. The minimum atomic E-state index is -3.44. The predicted octanol–water partition coefficient (Wildman–Crippen LogP) is 2.92. The van der Waals surface area contributed by atoms with Crippen LogP contribution >= 0.6 is 0 Å². The molecule has 11 heteroatoms. The molecule has 1 aliphatic heterocycles. The second kappa shape index (κ2) is 13.7. The van der Waals surface area contributed by atoms with Crippen molar-refractivity contribution in [3.05, 3.63) is 90.0 Å². The van der Waals surface area contributed by atoms with E-state index < -0.39 is 22.0 Å². The van der Waals surface area contributed by atoms with Crippen LogP contribution in [-0.4, -0.2) is 68.2 Å². The van der Waals surface area contributed by atoms with Crippen LogP contribution in [0.4, 0.5) is 11.4 Å². The van der Waals surface area contributed by atoms with Gasteiger partial charge in [-0.3, -0.25) is 0 Å². The molecular formula is C27H31N3O7S. The van der Waals surface area contributed by atoms with E-state index in [1.165, 1.54) is 9.87 Å². The second-order valence-electron chi connectivity index (χ2n) is 8.44. The number of carboxylic acid groups (broad SMARTS) is 2. The Morgan fingerprint density at radius 1 is 0.816 bits per heavy atom. The Kier molecular flexibility index (Phi) is 10.4. The molecule has 3 N–H and O–H groups in total. The lowest BCUT2D eigenvalue weighted by molar-refractivity contribution is -0.159. The fraction of sp³-hybridized carbons (Fsp3) is 0.259. The number of carbonyl (C=O) groups is 2. The van der Waals surface area contributed by atoms with Gasteiger partial charge in [-0.25, -0.2) is 18.0 Å². The SMILES string of the molecule is CN(c1ccccc1)c1ccc(CNCc2ccc(S(=O)(=O)N3CCOCC3)cc2)cc1.O=C(O)C(=O)O. The molecule has 3 aromatic rings. The molecule has 0 spiro atoms. The first kappa shape index (κ1) is 28.8. The lowest BCUT2D eigenvalue weighted by atomic mass is 10.1. The molecule has 3 aromatic carbocycles. The van der Waals surface area contributed by atoms with E-state index in [0.29, 0.717) is 37.7 Å². The molecule has 4 rings (SSSR count). The van der Waals surface area contributed by atoms with Crippen LogP contribution in [0, 0.1) is 0 Å². The van der Waals surface area contributed by atoms with Crippen LogP contribution in [0.15, 0.2) is 83.8 Å². The van der Waals surface area contributed by atoms with Crippen LogP contribution in [0.2, 0.25) is 0 Å². The Balaban J connectivity index is 0.000000599. The molecule has 1 saturated heterocycles. The Morgan fingerprint density at radius 3 is 1.79 bits per heavy atom. The van der Waals surface area contributed by atoms with E-state index in [9.17, 15) is 8.42 Å². The van der Waals surface area contributed by atoms with Crippen LogP contribution in [0.3, 0.4) is 0 Å². The van der Waals surface area contributed by atoms with Crippen molar-refractivity contribution in [3.8, 4) is 0 Å². The number of aliphatic carboxylic acids is 2. The van der Waals surface area contributed by atoms with Gasteiger partial charge in [0.15, 0.2) is 0 Å². The Labute approximate surface area is 222 Å². The molecule has 0 saturated carbocycles. The maximum absolute atomic E-state index is 12.7. The van der Waals surface area contributed by atoms with Crippen molar-refractivity contribution in [2.24, 2.45) is 0 Å². The van der Waals surface area contributed by atoms with Crippen LogP contribution in [0.1, 0.15) is 11.1 Å². The summed E-state index contributed by atoms with van der Waals surface area (Å²) in [6, 6.07) is 25.9. The molecule has 0 atom stereocenters. The highest BCUT2D eigenvalue weighted by atomic mass is 32.2. The molecule has 0 radical (unpaired) electrons. The maximum atomic E-state index is 12.7. The van der Waals surface area contributed by atoms with Gasteiger partial charge in [0.25, 0.3) is 0 Å². The molecule has 38 heavy (non-hydrogen) atoms. The largest absolute Gasteiger partial charge is 0.473 e. The zero-order valence-electron chi connectivity index (χ0n) is 21.0. The summed E-state index contributed by atoms with van der Waals surface area (Å²) in [7, 11) is -1.38. The van der Waals surface area contributed by atoms with Gasteiger partial charge in [-0.2, -0.15) is 4.31 Å². The second-order valence-corrected chi connectivity index (χ2v) is 10.4. The van der Waals surface area contributed by atoms with E-state index in [1.54, 1.807) is 12.1 Å². The standard InChI is InChI=1S/C25H29N3O3S.C2H2O4/c1-27(23-5-3-2-4-6-23)24-11-7-21(8-12-24)19-26-20-22-9-13-25(14-10-22)32(29,30)28-15-17-31-18-16-28;3-1(4)2(5)6/h2-14,26H,15-20H2,1H3;(H,3,4)(H,5,6). The average Bonchev–Trinajstić information content (AvgIpc) is 2.94. The Hall–Kier alpha value is -3.77. The van der Waals surface area contributed by atoms with Gasteiger partial charge in [0, 0.05) is 44.6 Å². The van der Waals surface area contributed by atoms with Crippen molar-refractivity contribution in [1.82, 2.24) is 9.62 Å². The summed E-state index contributed by atoms with van der Waals surface area (Å²) in [6.07, 6.45) is 0. The fourth-order valence-corrected chi connectivity index (χ4v) is 5.11. The van der Waals surface area contributed by atoms with Gasteiger partial charge in [-0.15, -0.1) is 0 Å². The van der Waals surface area contributed by atoms with Crippen molar-refractivity contribution in [1.29, 1.82) is 0 Å². The average molecular weight is 542 g/mol.